The van der Waals surface area contributed by atoms with Crippen LogP contribution in [-0.4, -0.2) is 38.9 Å². The first-order chi connectivity index (χ1) is 8.50. The Kier molecular flexibility index (Phi) is 4.73. The van der Waals surface area contributed by atoms with Crippen molar-refractivity contribution in [1.29, 1.82) is 0 Å². The Hall–Kier alpha value is -2.51. The van der Waals surface area contributed by atoms with Gasteiger partial charge in [0.2, 0.25) is 5.91 Å². The zero-order valence-corrected chi connectivity index (χ0v) is 9.37. The molecule has 0 saturated heterocycles. The molecule has 1 rings (SSSR count). The van der Waals surface area contributed by atoms with E-state index in [1.54, 1.807) is 0 Å². The van der Waals surface area contributed by atoms with Crippen LogP contribution in [-0.2, 0) is 9.59 Å². The van der Waals surface area contributed by atoms with E-state index in [1.807, 2.05) is 0 Å². The molecule has 18 heavy (non-hydrogen) atoms. The monoisotopic (exact) mass is 252 g/mol. The van der Waals surface area contributed by atoms with Gasteiger partial charge in [-0.05, 0) is 6.42 Å². The number of nitrogens with zero attached hydrogens (tertiary/aromatic N) is 2. The highest BCUT2D eigenvalue weighted by molar-refractivity contribution is 5.96. The lowest BCUT2D eigenvalue weighted by molar-refractivity contribution is -0.139. The SMILES string of the molecule is NC(=O)CC[C@H](NC(=O)c1cncnc1)C(=O)O. The van der Waals surface area contributed by atoms with E-state index in [0.717, 1.165) is 0 Å². The molecule has 4 N–H and O–H groups in total. The number of hydrogen-bond donors (Lipinski definition) is 3. The van der Waals surface area contributed by atoms with Crippen molar-refractivity contribution in [3.63, 3.8) is 0 Å². The van der Waals surface area contributed by atoms with Gasteiger partial charge in [-0.1, -0.05) is 0 Å². The molecule has 0 bridgehead atoms. The quantitative estimate of drug-likeness (QED) is 0.589. The second-order valence-electron chi connectivity index (χ2n) is 3.50. The first kappa shape index (κ1) is 13.6. The number of aliphatic carboxylic acids is 1. The molecule has 96 valence electrons. The van der Waals surface area contributed by atoms with Crippen LogP contribution in [0, 0.1) is 0 Å². The maximum Gasteiger partial charge on any atom is 0.326 e. The number of hydrogen-bond acceptors (Lipinski definition) is 5. The molecule has 1 aromatic heterocycles. The van der Waals surface area contributed by atoms with Crippen LogP contribution in [0.3, 0.4) is 0 Å². The van der Waals surface area contributed by atoms with Crippen molar-refractivity contribution in [2.45, 2.75) is 18.9 Å². The Bertz CT molecular complexity index is 448. The Morgan fingerprint density at radius 1 is 1.33 bits per heavy atom. The van der Waals surface area contributed by atoms with Crippen molar-refractivity contribution in [3.8, 4) is 0 Å². The number of aromatic nitrogens is 2. The van der Waals surface area contributed by atoms with Gasteiger partial charge in [-0.25, -0.2) is 14.8 Å². The van der Waals surface area contributed by atoms with Crippen LogP contribution in [0.2, 0.25) is 0 Å². The van der Waals surface area contributed by atoms with Gasteiger partial charge in [-0.2, -0.15) is 0 Å². The largest absolute Gasteiger partial charge is 0.480 e. The summed E-state index contributed by atoms with van der Waals surface area (Å²) in [5, 5.41) is 11.1. The molecule has 0 unspecified atom stereocenters. The summed E-state index contributed by atoms with van der Waals surface area (Å²) in [6, 6.07) is -1.18. The second-order valence-corrected chi connectivity index (χ2v) is 3.50. The van der Waals surface area contributed by atoms with Gasteiger partial charge >= 0.3 is 5.97 Å². The molecule has 0 saturated carbocycles. The lowest BCUT2D eigenvalue weighted by atomic mass is 10.1. The highest BCUT2D eigenvalue weighted by Gasteiger charge is 2.21. The fourth-order valence-electron chi connectivity index (χ4n) is 1.20. The molecule has 0 aliphatic heterocycles. The number of rotatable bonds is 6. The molecule has 0 aliphatic carbocycles. The predicted molar refractivity (Wildman–Crippen MR) is 59.4 cm³/mol. The van der Waals surface area contributed by atoms with Crippen molar-refractivity contribution < 1.29 is 19.5 Å². The van der Waals surface area contributed by atoms with Gasteiger partial charge in [0.15, 0.2) is 0 Å². The summed E-state index contributed by atoms with van der Waals surface area (Å²) < 4.78 is 0. The van der Waals surface area contributed by atoms with Gasteiger partial charge in [0.05, 0.1) is 5.56 Å². The standard InChI is InChI=1S/C10H12N4O4/c11-8(15)2-1-7(10(17)18)14-9(16)6-3-12-5-13-4-6/h3-5,7H,1-2H2,(H2,11,15)(H,14,16)(H,17,18)/t7-/m0/s1. The average molecular weight is 252 g/mol. The maximum absolute atomic E-state index is 11.6. The summed E-state index contributed by atoms with van der Waals surface area (Å²) in [6.45, 7) is 0. The molecule has 8 heteroatoms. The lowest BCUT2D eigenvalue weighted by Crippen LogP contribution is -2.41. The Morgan fingerprint density at radius 3 is 2.44 bits per heavy atom. The van der Waals surface area contributed by atoms with E-state index in [0.29, 0.717) is 0 Å². The third-order valence-corrected chi connectivity index (χ3v) is 2.11. The summed E-state index contributed by atoms with van der Waals surface area (Å²) >= 11 is 0. The molecular weight excluding hydrogens is 240 g/mol. The van der Waals surface area contributed by atoms with Gasteiger partial charge in [0, 0.05) is 18.8 Å². The summed E-state index contributed by atoms with van der Waals surface area (Å²) in [5.41, 5.74) is 5.06. The summed E-state index contributed by atoms with van der Waals surface area (Å²) in [5.74, 6) is -2.48. The molecule has 0 aliphatic rings. The fourth-order valence-corrected chi connectivity index (χ4v) is 1.20. The van der Waals surface area contributed by atoms with E-state index in [4.69, 9.17) is 10.8 Å². The summed E-state index contributed by atoms with van der Waals surface area (Å²) in [6.07, 6.45) is 3.58. The number of carboxylic acids is 1. The van der Waals surface area contributed by atoms with E-state index < -0.39 is 23.8 Å². The molecule has 0 fully saturated rings. The minimum atomic E-state index is -1.23. The molecule has 0 aromatic carbocycles. The van der Waals surface area contributed by atoms with Crippen molar-refractivity contribution >= 4 is 17.8 Å². The third-order valence-electron chi connectivity index (χ3n) is 2.11. The van der Waals surface area contributed by atoms with E-state index in [2.05, 4.69) is 15.3 Å². The normalized spacial score (nSPS) is 11.6. The Balaban J connectivity index is 2.64. The van der Waals surface area contributed by atoms with Crippen LogP contribution in [0.4, 0.5) is 0 Å². The van der Waals surface area contributed by atoms with Crippen LogP contribution >= 0.6 is 0 Å². The second kappa shape index (κ2) is 6.28. The smallest absolute Gasteiger partial charge is 0.326 e. The van der Waals surface area contributed by atoms with E-state index >= 15 is 0 Å². The minimum Gasteiger partial charge on any atom is -0.480 e. The maximum atomic E-state index is 11.6. The van der Waals surface area contributed by atoms with Gasteiger partial charge < -0.3 is 16.2 Å². The molecular formula is C10H12N4O4. The number of carbonyl (C=O) groups excluding carboxylic acids is 2. The molecule has 1 aromatic rings. The Labute approximate surface area is 102 Å². The lowest BCUT2D eigenvalue weighted by Gasteiger charge is -2.13. The molecule has 0 spiro atoms. The van der Waals surface area contributed by atoms with E-state index in [9.17, 15) is 14.4 Å². The number of nitrogens with two attached hydrogens (primary N) is 1. The van der Waals surface area contributed by atoms with Crippen LogP contribution in [0.1, 0.15) is 23.2 Å². The number of primary amides is 1. The number of carbonyl (C=O) groups is 3. The minimum absolute atomic E-state index is 0.0654. The highest BCUT2D eigenvalue weighted by Crippen LogP contribution is 2.00. The van der Waals surface area contributed by atoms with Crippen LogP contribution < -0.4 is 11.1 Å². The molecule has 0 radical (unpaired) electrons. The first-order valence-corrected chi connectivity index (χ1v) is 5.07. The first-order valence-electron chi connectivity index (χ1n) is 5.07. The summed E-state index contributed by atoms with van der Waals surface area (Å²) in [4.78, 5) is 40.4. The molecule has 1 atom stereocenters. The topological polar surface area (TPSA) is 135 Å². The van der Waals surface area contributed by atoms with E-state index in [-0.39, 0.29) is 18.4 Å². The van der Waals surface area contributed by atoms with Crippen LogP contribution in [0.5, 0.6) is 0 Å². The van der Waals surface area contributed by atoms with Gasteiger partial charge in [-0.3, -0.25) is 9.59 Å². The van der Waals surface area contributed by atoms with Crippen LogP contribution in [0.15, 0.2) is 18.7 Å². The third kappa shape index (κ3) is 4.16. The van der Waals surface area contributed by atoms with Crippen molar-refractivity contribution in [3.05, 3.63) is 24.3 Å². The van der Waals surface area contributed by atoms with Crippen molar-refractivity contribution in [1.82, 2.24) is 15.3 Å². The average Bonchev–Trinajstić information content (AvgIpc) is 2.34. The zero-order valence-electron chi connectivity index (χ0n) is 9.37. The van der Waals surface area contributed by atoms with Crippen molar-refractivity contribution in [2.24, 2.45) is 5.73 Å². The van der Waals surface area contributed by atoms with E-state index in [1.165, 1.54) is 18.7 Å². The van der Waals surface area contributed by atoms with Crippen LogP contribution in [0.25, 0.3) is 0 Å². The van der Waals surface area contributed by atoms with Gasteiger partial charge in [0.25, 0.3) is 5.91 Å². The van der Waals surface area contributed by atoms with Crippen molar-refractivity contribution in [2.75, 3.05) is 0 Å². The summed E-state index contributed by atoms with van der Waals surface area (Å²) in [7, 11) is 0. The van der Waals surface area contributed by atoms with Gasteiger partial charge in [-0.15, -0.1) is 0 Å². The predicted octanol–water partition coefficient (Wildman–Crippen LogP) is -1.07. The fraction of sp³-hybridized carbons (Fsp3) is 0.300. The highest BCUT2D eigenvalue weighted by atomic mass is 16.4. The molecule has 2 amide bonds. The number of nitrogens with one attached hydrogen (secondary N) is 1. The zero-order chi connectivity index (χ0) is 13.5. The Morgan fingerprint density at radius 2 is 1.94 bits per heavy atom. The molecule has 8 nitrogen and oxygen atoms in total. The van der Waals surface area contributed by atoms with Gasteiger partial charge in [0.1, 0.15) is 12.4 Å². The number of carboxylic acid groups (broad SMARTS) is 1. The number of amides is 2. The molecule has 1 heterocycles.